The lowest BCUT2D eigenvalue weighted by Gasteiger charge is -2.12. The number of hydrogen-bond donors (Lipinski definition) is 2. The van der Waals surface area contributed by atoms with Crippen LogP contribution in [0.25, 0.3) is 0 Å². The van der Waals surface area contributed by atoms with Gasteiger partial charge in [0.05, 0.1) is 0 Å². The Labute approximate surface area is 111 Å². The molecule has 1 aromatic rings. The third-order valence-electron chi connectivity index (χ3n) is 2.55. The van der Waals surface area contributed by atoms with Gasteiger partial charge in [-0.1, -0.05) is 36.2 Å². The van der Waals surface area contributed by atoms with Crippen LogP contribution in [-0.2, 0) is 6.42 Å². The SMILES string of the molecule is CC(CCc1c(Cl)cccc1Cl)CNC(=O)O. The highest BCUT2D eigenvalue weighted by Crippen LogP contribution is 2.26. The van der Waals surface area contributed by atoms with Gasteiger partial charge in [0.25, 0.3) is 0 Å². The Hall–Kier alpha value is -0.930. The average molecular weight is 276 g/mol. The number of hydrogen-bond acceptors (Lipinski definition) is 1. The maximum Gasteiger partial charge on any atom is 0.404 e. The Morgan fingerprint density at radius 3 is 2.53 bits per heavy atom. The summed E-state index contributed by atoms with van der Waals surface area (Å²) >= 11 is 12.1. The highest BCUT2D eigenvalue weighted by molar-refractivity contribution is 6.35. The summed E-state index contributed by atoms with van der Waals surface area (Å²) in [6.45, 7) is 2.43. The van der Waals surface area contributed by atoms with Gasteiger partial charge in [0.1, 0.15) is 0 Å². The number of halogens is 2. The molecule has 94 valence electrons. The predicted molar refractivity (Wildman–Crippen MR) is 70.0 cm³/mol. The van der Waals surface area contributed by atoms with E-state index in [2.05, 4.69) is 5.32 Å². The van der Waals surface area contributed by atoms with Crippen molar-refractivity contribution in [3.05, 3.63) is 33.8 Å². The van der Waals surface area contributed by atoms with Gasteiger partial charge in [0.2, 0.25) is 0 Å². The van der Waals surface area contributed by atoms with E-state index >= 15 is 0 Å². The molecule has 17 heavy (non-hydrogen) atoms. The van der Waals surface area contributed by atoms with E-state index in [0.717, 1.165) is 18.4 Å². The third-order valence-corrected chi connectivity index (χ3v) is 3.26. The molecule has 0 heterocycles. The molecule has 0 aromatic heterocycles. The fourth-order valence-electron chi connectivity index (χ4n) is 1.53. The topological polar surface area (TPSA) is 49.3 Å². The van der Waals surface area contributed by atoms with Gasteiger partial charge >= 0.3 is 6.09 Å². The normalized spacial score (nSPS) is 12.2. The number of nitrogens with one attached hydrogen (secondary N) is 1. The molecule has 0 saturated heterocycles. The molecule has 2 N–H and O–H groups in total. The smallest absolute Gasteiger partial charge is 0.404 e. The number of amides is 1. The Balaban J connectivity index is 2.47. The third kappa shape index (κ3) is 4.84. The fourth-order valence-corrected chi connectivity index (χ4v) is 2.11. The van der Waals surface area contributed by atoms with Crippen molar-refractivity contribution in [3.8, 4) is 0 Å². The van der Waals surface area contributed by atoms with E-state index in [-0.39, 0.29) is 5.92 Å². The zero-order valence-electron chi connectivity index (χ0n) is 9.54. The highest BCUT2D eigenvalue weighted by Gasteiger charge is 2.09. The number of benzene rings is 1. The molecule has 1 unspecified atom stereocenters. The molecule has 3 nitrogen and oxygen atoms in total. The summed E-state index contributed by atoms with van der Waals surface area (Å²) in [6, 6.07) is 5.43. The van der Waals surface area contributed by atoms with Gasteiger partial charge in [0, 0.05) is 16.6 Å². The zero-order chi connectivity index (χ0) is 12.8. The minimum Gasteiger partial charge on any atom is -0.465 e. The maximum absolute atomic E-state index is 10.3. The molecule has 1 rings (SSSR count). The monoisotopic (exact) mass is 275 g/mol. The van der Waals surface area contributed by atoms with Crippen LogP contribution in [0.5, 0.6) is 0 Å². The van der Waals surface area contributed by atoms with Crippen LogP contribution in [0.3, 0.4) is 0 Å². The second-order valence-corrected chi connectivity index (χ2v) is 4.84. The summed E-state index contributed by atoms with van der Waals surface area (Å²) in [5.74, 6) is 0.249. The number of rotatable bonds is 5. The molecule has 0 aliphatic heterocycles. The molecule has 0 radical (unpaired) electrons. The lowest BCUT2D eigenvalue weighted by molar-refractivity contribution is 0.192. The zero-order valence-corrected chi connectivity index (χ0v) is 11.1. The predicted octanol–water partition coefficient (Wildman–Crippen LogP) is 3.83. The first-order valence-electron chi connectivity index (χ1n) is 5.40. The molecule has 0 saturated carbocycles. The van der Waals surface area contributed by atoms with Gasteiger partial charge in [-0.25, -0.2) is 4.79 Å². The Bertz CT molecular complexity index is 376. The van der Waals surface area contributed by atoms with E-state index in [9.17, 15) is 4.79 Å². The molecule has 0 spiro atoms. The quantitative estimate of drug-likeness (QED) is 0.858. The van der Waals surface area contributed by atoms with Crippen molar-refractivity contribution in [2.24, 2.45) is 5.92 Å². The van der Waals surface area contributed by atoms with E-state index in [4.69, 9.17) is 28.3 Å². The van der Waals surface area contributed by atoms with Crippen LogP contribution in [0, 0.1) is 5.92 Å². The van der Waals surface area contributed by atoms with Crippen LogP contribution in [0.15, 0.2) is 18.2 Å². The van der Waals surface area contributed by atoms with E-state index < -0.39 is 6.09 Å². The standard InChI is InChI=1S/C12H15Cl2NO2/c1-8(7-15-12(16)17)5-6-9-10(13)3-2-4-11(9)14/h2-4,8,15H,5-7H2,1H3,(H,16,17). The Kier molecular flexibility index (Phi) is 5.59. The summed E-state index contributed by atoms with van der Waals surface area (Å²) in [5, 5.41) is 12.2. The van der Waals surface area contributed by atoms with Gasteiger partial charge in [-0.15, -0.1) is 0 Å². The van der Waals surface area contributed by atoms with Gasteiger partial charge in [0.15, 0.2) is 0 Å². The van der Waals surface area contributed by atoms with Crippen LogP contribution in [0.4, 0.5) is 4.79 Å². The second kappa shape index (κ2) is 6.72. The minimum absolute atomic E-state index is 0.249. The lowest BCUT2D eigenvalue weighted by atomic mass is 10.0. The van der Waals surface area contributed by atoms with Crippen LogP contribution in [0.1, 0.15) is 18.9 Å². The van der Waals surface area contributed by atoms with Crippen molar-refractivity contribution >= 4 is 29.3 Å². The number of carbonyl (C=O) groups is 1. The van der Waals surface area contributed by atoms with Crippen molar-refractivity contribution in [3.63, 3.8) is 0 Å². The van der Waals surface area contributed by atoms with Crippen molar-refractivity contribution in [2.75, 3.05) is 6.54 Å². The summed E-state index contributed by atoms with van der Waals surface area (Å²) in [7, 11) is 0. The van der Waals surface area contributed by atoms with Crippen molar-refractivity contribution in [1.29, 1.82) is 0 Å². The van der Waals surface area contributed by atoms with Crippen molar-refractivity contribution in [1.82, 2.24) is 5.32 Å². The number of carboxylic acid groups (broad SMARTS) is 1. The van der Waals surface area contributed by atoms with Gasteiger partial charge < -0.3 is 10.4 Å². The first-order chi connectivity index (χ1) is 8.00. The molecule has 1 aromatic carbocycles. The Morgan fingerprint density at radius 2 is 2.00 bits per heavy atom. The van der Waals surface area contributed by atoms with Gasteiger partial charge in [-0.3, -0.25) is 0 Å². The molecule has 0 bridgehead atoms. The first kappa shape index (κ1) is 14.1. The molecule has 1 atom stereocenters. The van der Waals surface area contributed by atoms with E-state index in [1.165, 1.54) is 0 Å². The van der Waals surface area contributed by atoms with Crippen LogP contribution < -0.4 is 5.32 Å². The molecular weight excluding hydrogens is 261 g/mol. The van der Waals surface area contributed by atoms with E-state index in [1.807, 2.05) is 25.1 Å². The summed E-state index contributed by atoms with van der Waals surface area (Å²) in [6.07, 6.45) is 0.595. The van der Waals surface area contributed by atoms with Gasteiger partial charge in [-0.05, 0) is 36.5 Å². The summed E-state index contributed by atoms with van der Waals surface area (Å²) in [4.78, 5) is 10.3. The molecule has 1 amide bonds. The Morgan fingerprint density at radius 1 is 1.41 bits per heavy atom. The molecule has 0 aliphatic rings. The molecule has 5 heteroatoms. The highest BCUT2D eigenvalue weighted by atomic mass is 35.5. The van der Waals surface area contributed by atoms with Crippen molar-refractivity contribution < 1.29 is 9.90 Å². The summed E-state index contributed by atoms with van der Waals surface area (Å²) in [5.41, 5.74) is 0.929. The largest absolute Gasteiger partial charge is 0.465 e. The second-order valence-electron chi connectivity index (χ2n) is 4.03. The molecular formula is C12H15Cl2NO2. The molecule has 0 aliphatic carbocycles. The maximum atomic E-state index is 10.3. The summed E-state index contributed by atoms with van der Waals surface area (Å²) < 4.78 is 0. The minimum atomic E-state index is -0.993. The van der Waals surface area contributed by atoms with Crippen LogP contribution in [0.2, 0.25) is 10.0 Å². The average Bonchev–Trinajstić information content (AvgIpc) is 2.25. The van der Waals surface area contributed by atoms with Gasteiger partial charge in [-0.2, -0.15) is 0 Å². The lowest BCUT2D eigenvalue weighted by Crippen LogP contribution is -2.26. The van der Waals surface area contributed by atoms with E-state index in [0.29, 0.717) is 16.6 Å². The van der Waals surface area contributed by atoms with Crippen LogP contribution in [-0.4, -0.2) is 17.7 Å². The van der Waals surface area contributed by atoms with Crippen LogP contribution >= 0.6 is 23.2 Å². The van der Waals surface area contributed by atoms with Crippen molar-refractivity contribution in [2.45, 2.75) is 19.8 Å². The fraction of sp³-hybridized carbons (Fsp3) is 0.417. The first-order valence-corrected chi connectivity index (χ1v) is 6.16. The molecule has 0 fully saturated rings. The van der Waals surface area contributed by atoms with E-state index in [1.54, 1.807) is 0 Å².